The Balaban J connectivity index is 1.37. The van der Waals surface area contributed by atoms with Gasteiger partial charge in [0.2, 0.25) is 11.8 Å². The Morgan fingerprint density at radius 3 is 2.60 bits per heavy atom. The number of fused-ring (bicyclic) bond motifs is 1. The van der Waals surface area contributed by atoms with Crippen molar-refractivity contribution in [2.45, 2.75) is 37.4 Å². The highest BCUT2D eigenvalue weighted by Gasteiger charge is 2.46. The standard InChI is InChI=1S/C26H29N5O4/c1-29(2)18-7-4-6-17(13-18)26(27)11-12-30(15-26)14-16-5-3-8-19-22(16)25(35)31(24(19)34)20-9-10-21(32)28-23(20)33/h3-8,13,20H,9-12,14-15,27H2,1-2H3,(H,28,32,33). The summed E-state index contributed by atoms with van der Waals surface area (Å²) in [4.78, 5) is 55.6. The average molecular weight is 476 g/mol. The zero-order chi connectivity index (χ0) is 24.9. The van der Waals surface area contributed by atoms with Crippen LogP contribution in [-0.2, 0) is 21.7 Å². The fraction of sp³-hybridized carbons (Fsp3) is 0.385. The van der Waals surface area contributed by atoms with Crippen LogP contribution in [0.1, 0.15) is 51.1 Å². The number of carbonyl (C=O) groups is 4. The average Bonchev–Trinajstić information content (AvgIpc) is 3.33. The first-order chi connectivity index (χ1) is 16.7. The Bertz CT molecular complexity index is 1240. The Hall–Kier alpha value is -3.56. The maximum Gasteiger partial charge on any atom is 0.262 e. The molecule has 3 N–H and O–H groups in total. The number of rotatable bonds is 5. The second-order valence-corrected chi connectivity index (χ2v) is 9.85. The molecule has 9 heteroatoms. The van der Waals surface area contributed by atoms with Crippen LogP contribution in [0.3, 0.4) is 0 Å². The van der Waals surface area contributed by atoms with E-state index in [1.165, 1.54) is 0 Å². The van der Waals surface area contributed by atoms with Gasteiger partial charge in [0.1, 0.15) is 6.04 Å². The predicted octanol–water partition coefficient (Wildman–Crippen LogP) is 1.21. The number of nitrogens with two attached hydrogens (primary N) is 1. The van der Waals surface area contributed by atoms with E-state index in [4.69, 9.17) is 5.73 Å². The van der Waals surface area contributed by atoms with Crippen molar-refractivity contribution in [3.63, 3.8) is 0 Å². The second-order valence-electron chi connectivity index (χ2n) is 9.85. The van der Waals surface area contributed by atoms with Gasteiger partial charge in [-0.05, 0) is 42.2 Å². The van der Waals surface area contributed by atoms with E-state index >= 15 is 0 Å². The number of piperidine rings is 1. The summed E-state index contributed by atoms with van der Waals surface area (Å²) in [7, 11) is 3.99. The van der Waals surface area contributed by atoms with Crippen LogP contribution < -0.4 is 16.0 Å². The molecule has 0 aliphatic carbocycles. The van der Waals surface area contributed by atoms with Crippen molar-refractivity contribution in [3.8, 4) is 0 Å². The molecule has 9 nitrogen and oxygen atoms in total. The molecule has 0 radical (unpaired) electrons. The maximum atomic E-state index is 13.4. The SMILES string of the molecule is CN(C)c1cccc(C2(N)CCN(Cc3cccc4c3C(=O)N(C3CCC(=O)NC3=O)C4=O)C2)c1. The number of likely N-dealkylation sites (tertiary alicyclic amines) is 1. The smallest absolute Gasteiger partial charge is 0.262 e. The molecule has 2 aromatic carbocycles. The summed E-state index contributed by atoms with van der Waals surface area (Å²) in [6.45, 7) is 1.84. The monoisotopic (exact) mass is 475 g/mol. The normalized spacial score (nSPS) is 24.7. The summed E-state index contributed by atoms with van der Waals surface area (Å²) in [5, 5.41) is 2.23. The number of nitrogens with zero attached hydrogens (tertiary/aromatic N) is 3. The summed E-state index contributed by atoms with van der Waals surface area (Å²) in [6.07, 6.45) is 1.01. The molecule has 182 valence electrons. The predicted molar refractivity (Wildman–Crippen MR) is 130 cm³/mol. The zero-order valence-electron chi connectivity index (χ0n) is 19.9. The number of hydrogen-bond donors (Lipinski definition) is 2. The second kappa shape index (κ2) is 8.58. The summed E-state index contributed by atoms with van der Waals surface area (Å²) in [6, 6.07) is 12.5. The summed E-state index contributed by atoms with van der Waals surface area (Å²) in [5.41, 5.74) is 9.86. The van der Waals surface area contributed by atoms with Crippen LogP contribution in [-0.4, -0.2) is 66.7 Å². The lowest BCUT2D eigenvalue weighted by Gasteiger charge is -2.28. The molecule has 3 aliphatic rings. The number of nitrogens with one attached hydrogen (secondary N) is 1. The highest BCUT2D eigenvalue weighted by atomic mass is 16.2. The van der Waals surface area contributed by atoms with E-state index in [0.717, 1.165) is 34.7 Å². The molecule has 4 amide bonds. The Kier molecular flexibility index (Phi) is 5.69. The highest BCUT2D eigenvalue weighted by Crippen LogP contribution is 2.34. The van der Waals surface area contributed by atoms with E-state index in [-0.39, 0.29) is 18.7 Å². The molecule has 35 heavy (non-hydrogen) atoms. The van der Waals surface area contributed by atoms with Crippen molar-refractivity contribution in [2.75, 3.05) is 32.1 Å². The van der Waals surface area contributed by atoms with E-state index in [0.29, 0.717) is 24.2 Å². The van der Waals surface area contributed by atoms with Crippen LogP contribution in [0.2, 0.25) is 0 Å². The van der Waals surface area contributed by atoms with E-state index in [1.807, 2.05) is 37.2 Å². The molecule has 3 aliphatic heterocycles. The van der Waals surface area contributed by atoms with Gasteiger partial charge in [0, 0.05) is 45.8 Å². The van der Waals surface area contributed by atoms with Crippen molar-refractivity contribution in [3.05, 3.63) is 64.7 Å². The van der Waals surface area contributed by atoms with Crippen molar-refractivity contribution in [1.82, 2.24) is 15.1 Å². The Morgan fingerprint density at radius 1 is 1.09 bits per heavy atom. The van der Waals surface area contributed by atoms with Crippen molar-refractivity contribution >= 4 is 29.3 Å². The van der Waals surface area contributed by atoms with E-state index in [1.54, 1.807) is 12.1 Å². The fourth-order valence-corrected chi connectivity index (χ4v) is 5.34. The molecular weight excluding hydrogens is 446 g/mol. The topological polar surface area (TPSA) is 116 Å². The molecule has 5 rings (SSSR count). The molecule has 0 aromatic heterocycles. The van der Waals surface area contributed by atoms with Crippen molar-refractivity contribution < 1.29 is 19.2 Å². The minimum absolute atomic E-state index is 0.0953. The minimum Gasteiger partial charge on any atom is -0.378 e. The zero-order valence-corrected chi connectivity index (χ0v) is 19.9. The molecule has 2 saturated heterocycles. The van der Waals surface area contributed by atoms with Gasteiger partial charge in [-0.1, -0.05) is 24.3 Å². The molecular formula is C26H29N5O4. The van der Waals surface area contributed by atoms with E-state index in [2.05, 4.69) is 22.3 Å². The first-order valence-corrected chi connectivity index (χ1v) is 11.8. The van der Waals surface area contributed by atoms with Crippen LogP contribution in [0, 0.1) is 0 Å². The van der Waals surface area contributed by atoms with Crippen LogP contribution >= 0.6 is 0 Å². The van der Waals surface area contributed by atoms with Gasteiger partial charge in [0.05, 0.1) is 16.7 Å². The van der Waals surface area contributed by atoms with Gasteiger partial charge >= 0.3 is 0 Å². The molecule has 2 atom stereocenters. The lowest BCUT2D eigenvalue weighted by Crippen LogP contribution is -2.54. The van der Waals surface area contributed by atoms with E-state index < -0.39 is 29.3 Å². The first kappa shape index (κ1) is 23.2. The molecule has 0 spiro atoms. The molecule has 2 aromatic rings. The molecule has 0 bridgehead atoms. The van der Waals surface area contributed by atoms with Crippen LogP contribution in [0.25, 0.3) is 0 Å². The number of hydrogen-bond acceptors (Lipinski definition) is 7. The molecule has 2 fully saturated rings. The number of benzene rings is 2. The third kappa shape index (κ3) is 4.00. The summed E-state index contributed by atoms with van der Waals surface area (Å²) < 4.78 is 0. The molecule has 3 heterocycles. The number of imide groups is 2. The van der Waals surface area contributed by atoms with Crippen LogP contribution in [0.15, 0.2) is 42.5 Å². The van der Waals surface area contributed by atoms with Gasteiger partial charge in [-0.25, -0.2) is 0 Å². The number of amides is 4. The lowest BCUT2D eigenvalue weighted by molar-refractivity contribution is -0.136. The third-order valence-electron chi connectivity index (χ3n) is 7.27. The summed E-state index contributed by atoms with van der Waals surface area (Å²) in [5.74, 6) is -1.97. The van der Waals surface area contributed by atoms with Gasteiger partial charge in [-0.15, -0.1) is 0 Å². The largest absolute Gasteiger partial charge is 0.378 e. The van der Waals surface area contributed by atoms with E-state index in [9.17, 15) is 19.2 Å². The summed E-state index contributed by atoms with van der Waals surface area (Å²) >= 11 is 0. The van der Waals surface area contributed by atoms with Gasteiger partial charge in [0.25, 0.3) is 11.8 Å². The quantitative estimate of drug-likeness (QED) is 0.625. The molecule has 0 saturated carbocycles. The fourth-order valence-electron chi connectivity index (χ4n) is 5.34. The number of carbonyl (C=O) groups excluding carboxylic acids is 4. The molecule has 2 unspecified atom stereocenters. The van der Waals surface area contributed by atoms with Crippen molar-refractivity contribution in [2.24, 2.45) is 5.73 Å². The van der Waals surface area contributed by atoms with Crippen LogP contribution in [0.5, 0.6) is 0 Å². The first-order valence-electron chi connectivity index (χ1n) is 11.8. The Labute approximate surface area is 203 Å². The Morgan fingerprint density at radius 2 is 1.86 bits per heavy atom. The lowest BCUT2D eigenvalue weighted by atomic mass is 9.90. The van der Waals surface area contributed by atoms with Crippen molar-refractivity contribution in [1.29, 1.82) is 0 Å². The van der Waals surface area contributed by atoms with Gasteiger partial charge in [0.15, 0.2) is 0 Å². The maximum absolute atomic E-state index is 13.4. The van der Waals surface area contributed by atoms with Gasteiger partial charge < -0.3 is 10.6 Å². The van der Waals surface area contributed by atoms with Gasteiger partial charge in [-0.3, -0.25) is 34.3 Å². The third-order valence-corrected chi connectivity index (χ3v) is 7.27. The number of anilines is 1. The van der Waals surface area contributed by atoms with Crippen LogP contribution in [0.4, 0.5) is 5.69 Å². The highest BCUT2D eigenvalue weighted by molar-refractivity contribution is 6.24. The van der Waals surface area contributed by atoms with Gasteiger partial charge in [-0.2, -0.15) is 0 Å². The minimum atomic E-state index is -0.972.